The Kier molecular flexibility index (Phi) is 5.62. The molecule has 1 aromatic carbocycles. The minimum atomic E-state index is -2.63. The highest BCUT2D eigenvalue weighted by Gasteiger charge is 2.20. The molecule has 0 spiro atoms. The van der Waals surface area contributed by atoms with Gasteiger partial charge in [-0.05, 0) is 36.0 Å². The molecule has 3 aromatic rings. The van der Waals surface area contributed by atoms with Crippen molar-refractivity contribution in [1.29, 1.82) is 0 Å². The molecular weight excluding hydrogens is 358 g/mol. The van der Waals surface area contributed by atoms with Crippen molar-refractivity contribution in [3.05, 3.63) is 72.2 Å². The van der Waals surface area contributed by atoms with Crippen LogP contribution in [-0.2, 0) is 6.54 Å². The molecule has 0 atom stereocenters. The first kappa shape index (κ1) is 18.1. The quantitative estimate of drug-likeness (QED) is 0.615. The van der Waals surface area contributed by atoms with Gasteiger partial charge in [-0.15, -0.1) is 0 Å². The van der Waals surface area contributed by atoms with E-state index in [1.807, 2.05) is 36.5 Å². The third-order valence-electron chi connectivity index (χ3n) is 3.63. The first-order chi connectivity index (χ1) is 12.5. The number of amides is 1. The number of thioether (sulfide) groups is 1. The van der Waals surface area contributed by atoms with Gasteiger partial charge in [0.05, 0.1) is 17.4 Å². The van der Waals surface area contributed by atoms with E-state index >= 15 is 0 Å². The van der Waals surface area contributed by atoms with Gasteiger partial charge in [0.1, 0.15) is 5.03 Å². The summed E-state index contributed by atoms with van der Waals surface area (Å²) in [6, 6.07) is 12.7. The molecule has 0 bridgehead atoms. The third kappa shape index (κ3) is 4.26. The molecule has 1 amide bonds. The van der Waals surface area contributed by atoms with Crippen LogP contribution in [-0.4, -0.2) is 38.4 Å². The van der Waals surface area contributed by atoms with Crippen LogP contribution in [0.2, 0.25) is 0 Å². The third-order valence-corrected chi connectivity index (χ3v) is 4.35. The summed E-state index contributed by atoms with van der Waals surface area (Å²) >= 11 is 0.270. The van der Waals surface area contributed by atoms with Crippen molar-refractivity contribution in [2.75, 3.05) is 7.05 Å². The van der Waals surface area contributed by atoms with Crippen LogP contribution in [0.25, 0.3) is 5.69 Å². The summed E-state index contributed by atoms with van der Waals surface area (Å²) in [5.74, 6) is -3.00. The summed E-state index contributed by atoms with van der Waals surface area (Å²) in [5.41, 5.74) is 1.91. The molecule has 2 heterocycles. The Hall–Kier alpha value is -2.74. The van der Waals surface area contributed by atoms with Crippen LogP contribution in [0, 0.1) is 0 Å². The van der Waals surface area contributed by atoms with Gasteiger partial charge < -0.3 is 4.90 Å². The van der Waals surface area contributed by atoms with Crippen molar-refractivity contribution in [3.8, 4) is 5.69 Å². The average Bonchev–Trinajstić information content (AvgIpc) is 3.10. The standard InChI is InChI=1S/C18H16F2N4OS/c1-23(17(25)15-8-5-9-21-16(15)26-18(19)20)11-13-10-22-24(12-13)14-6-3-2-4-7-14/h2-10,12,18H,11H2,1H3. The van der Waals surface area contributed by atoms with E-state index < -0.39 is 5.76 Å². The lowest BCUT2D eigenvalue weighted by Gasteiger charge is -2.17. The van der Waals surface area contributed by atoms with Gasteiger partial charge in [0.2, 0.25) is 0 Å². The van der Waals surface area contributed by atoms with Crippen LogP contribution in [0.1, 0.15) is 15.9 Å². The minimum absolute atomic E-state index is 0.0272. The maximum absolute atomic E-state index is 12.7. The van der Waals surface area contributed by atoms with E-state index in [1.165, 1.54) is 17.2 Å². The number of halogens is 2. The Morgan fingerprint density at radius 2 is 2.00 bits per heavy atom. The molecular formula is C18H16F2N4OS. The molecule has 5 nitrogen and oxygen atoms in total. The Labute approximate surface area is 153 Å². The second-order valence-corrected chi connectivity index (χ2v) is 6.50. The lowest BCUT2D eigenvalue weighted by molar-refractivity contribution is 0.0781. The van der Waals surface area contributed by atoms with Crippen LogP contribution in [0.5, 0.6) is 0 Å². The number of carbonyl (C=O) groups is 1. The number of hydrogen-bond donors (Lipinski definition) is 0. The lowest BCUT2D eigenvalue weighted by atomic mass is 10.2. The highest BCUT2D eigenvalue weighted by Crippen LogP contribution is 2.27. The molecule has 3 rings (SSSR count). The average molecular weight is 374 g/mol. The molecule has 134 valence electrons. The maximum atomic E-state index is 12.7. The van der Waals surface area contributed by atoms with Gasteiger partial charge in [0.25, 0.3) is 11.7 Å². The predicted molar refractivity (Wildman–Crippen MR) is 95.5 cm³/mol. The maximum Gasteiger partial charge on any atom is 0.290 e. The van der Waals surface area contributed by atoms with E-state index in [0.29, 0.717) is 6.54 Å². The van der Waals surface area contributed by atoms with E-state index in [0.717, 1.165) is 11.3 Å². The highest BCUT2D eigenvalue weighted by molar-refractivity contribution is 7.99. The monoisotopic (exact) mass is 374 g/mol. The fraction of sp³-hybridized carbons (Fsp3) is 0.167. The summed E-state index contributed by atoms with van der Waals surface area (Å²) in [7, 11) is 1.62. The van der Waals surface area contributed by atoms with Crippen molar-refractivity contribution in [2.45, 2.75) is 17.3 Å². The normalized spacial score (nSPS) is 10.9. The zero-order valence-electron chi connectivity index (χ0n) is 13.9. The van der Waals surface area contributed by atoms with Gasteiger partial charge >= 0.3 is 0 Å². The molecule has 0 fully saturated rings. The molecule has 0 aliphatic heterocycles. The molecule has 0 radical (unpaired) electrons. The Morgan fingerprint density at radius 1 is 1.23 bits per heavy atom. The predicted octanol–water partition coefficient (Wildman–Crippen LogP) is 3.85. The number of pyridine rings is 1. The fourth-order valence-electron chi connectivity index (χ4n) is 2.45. The van der Waals surface area contributed by atoms with E-state index in [9.17, 15) is 13.6 Å². The molecule has 26 heavy (non-hydrogen) atoms. The first-order valence-electron chi connectivity index (χ1n) is 7.79. The van der Waals surface area contributed by atoms with Crippen LogP contribution >= 0.6 is 11.8 Å². The largest absolute Gasteiger partial charge is 0.337 e. The Balaban J connectivity index is 1.74. The number of alkyl halides is 2. The van der Waals surface area contributed by atoms with E-state index in [2.05, 4.69) is 10.1 Å². The number of hydrogen-bond acceptors (Lipinski definition) is 4. The molecule has 0 saturated heterocycles. The van der Waals surface area contributed by atoms with E-state index in [-0.39, 0.29) is 28.3 Å². The van der Waals surface area contributed by atoms with E-state index in [4.69, 9.17) is 0 Å². The first-order valence-corrected chi connectivity index (χ1v) is 8.67. The van der Waals surface area contributed by atoms with Gasteiger partial charge in [0.15, 0.2) is 0 Å². The van der Waals surface area contributed by atoms with Crippen LogP contribution in [0.15, 0.2) is 66.1 Å². The van der Waals surface area contributed by atoms with Crippen molar-refractivity contribution < 1.29 is 13.6 Å². The number of para-hydroxylation sites is 1. The molecule has 0 N–H and O–H groups in total. The summed E-state index contributed by atoms with van der Waals surface area (Å²) in [5, 5.41) is 4.32. The SMILES string of the molecule is CN(Cc1cnn(-c2ccccc2)c1)C(=O)c1cccnc1SC(F)F. The lowest BCUT2D eigenvalue weighted by Crippen LogP contribution is -2.26. The van der Waals surface area contributed by atoms with Gasteiger partial charge in [-0.1, -0.05) is 18.2 Å². The number of nitrogens with zero attached hydrogens (tertiary/aromatic N) is 4. The Bertz CT molecular complexity index is 886. The molecule has 0 unspecified atom stereocenters. The number of rotatable bonds is 6. The van der Waals surface area contributed by atoms with Crippen LogP contribution < -0.4 is 0 Å². The minimum Gasteiger partial charge on any atom is -0.337 e. The second kappa shape index (κ2) is 8.09. The van der Waals surface area contributed by atoms with E-state index in [1.54, 1.807) is 24.0 Å². The second-order valence-electron chi connectivity index (χ2n) is 5.52. The Morgan fingerprint density at radius 3 is 2.73 bits per heavy atom. The number of benzene rings is 1. The molecule has 0 aliphatic carbocycles. The highest BCUT2D eigenvalue weighted by atomic mass is 32.2. The van der Waals surface area contributed by atoms with Gasteiger partial charge in [0, 0.05) is 31.5 Å². The molecule has 0 aliphatic rings. The summed E-state index contributed by atoms with van der Waals surface area (Å²) in [6.45, 7) is 0.305. The zero-order valence-corrected chi connectivity index (χ0v) is 14.7. The fourth-order valence-corrected chi connectivity index (χ4v) is 3.02. The smallest absolute Gasteiger partial charge is 0.290 e. The van der Waals surface area contributed by atoms with Gasteiger partial charge in [-0.3, -0.25) is 4.79 Å². The van der Waals surface area contributed by atoms with Gasteiger partial charge in [-0.2, -0.15) is 13.9 Å². The molecule has 2 aromatic heterocycles. The summed E-state index contributed by atoms with van der Waals surface area (Å²) in [6.07, 6.45) is 4.90. The number of carbonyl (C=O) groups excluding carboxylic acids is 1. The van der Waals surface area contributed by atoms with Crippen molar-refractivity contribution >= 4 is 17.7 Å². The van der Waals surface area contributed by atoms with Gasteiger partial charge in [-0.25, -0.2) is 9.67 Å². The van der Waals surface area contributed by atoms with Crippen molar-refractivity contribution in [2.24, 2.45) is 0 Å². The number of aromatic nitrogens is 3. The van der Waals surface area contributed by atoms with Crippen LogP contribution in [0.3, 0.4) is 0 Å². The molecule has 8 heteroatoms. The van der Waals surface area contributed by atoms with Crippen LogP contribution in [0.4, 0.5) is 8.78 Å². The summed E-state index contributed by atoms with van der Waals surface area (Å²) < 4.78 is 27.0. The van der Waals surface area contributed by atoms with Crippen molar-refractivity contribution in [1.82, 2.24) is 19.7 Å². The summed E-state index contributed by atoms with van der Waals surface area (Å²) in [4.78, 5) is 18.0. The molecule has 0 saturated carbocycles. The zero-order chi connectivity index (χ0) is 18.5. The topological polar surface area (TPSA) is 51.0 Å². The van der Waals surface area contributed by atoms with Crippen molar-refractivity contribution in [3.63, 3.8) is 0 Å².